The van der Waals surface area contributed by atoms with Crippen molar-refractivity contribution in [1.29, 1.82) is 0 Å². The van der Waals surface area contributed by atoms with Gasteiger partial charge in [-0.15, -0.1) is 0 Å². The molecule has 4 nitrogen and oxygen atoms in total. The standard InChI is InChI=1S/C26H29NO3S/c1-18(2)17-30-21-15-13-19(14-16-21)23-24(31-22-11-7-4-8-12-22)26(29)27(25(23)28)20-9-5-3-6-10-20/h4,7-8,11-16,18,20H,3,5-6,9-10,17H2,1-2H3. The Labute approximate surface area is 188 Å². The zero-order valence-corrected chi connectivity index (χ0v) is 19.0. The third kappa shape index (κ3) is 4.87. The molecule has 0 radical (unpaired) electrons. The predicted molar refractivity (Wildman–Crippen MR) is 125 cm³/mol. The van der Waals surface area contributed by atoms with Gasteiger partial charge < -0.3 is 4.74 Å². The Morgan fingerprint density at radius 2 is 1.61 bits per heavy atom. The number of carbonyl (C=O) groups excluding carboxylic acids is 2. The Morgan fingerprint density at radius 3 is 2.26 bits per heavy atom. The van der Waals surface area contributed by atoms with Crippen LogP contribution >= 0.6 is 11.8 Å². The molecule has 0 atom stereocenters. The zero-order chi connectivity index (χ0) is 21.8. The predicted octanol–water partition coefficient (Wildman–Crippen LogP) is 5.93. The fourth-order valence-corrected chi connectivity index (χ4v) is 5.16. The summed E-state index contributed by atoms with van der Waals surface area (Å²) in [7, 11) is 0. The maximum atomic E-state index is 13.5. The second kappa shape index (κ2) is 9.73. The molecule has 0 bridgehead atoms. The second-order valence-electron chi connectivity index (χ2n) is 8.62. The van der Waals surface area contributed by atoms with Gasteiger partial charge in [0.25, 0.3) is 11.8 Å². The van der Waals surface area contributed by atoms with E-state index in [-0.39, 0.29) is 17.9 Å². The first-order chi connectivity index (χ1) is 15.0. The average molecular weight is 436 g/mol. The lowest BCUT2D eigenvalue weighted by molar-refractivity contribution is -0.139. The summed E-state index contributed by atoms with van der Waals surface area (Å²) in [5.41, 5.74) is 1.28. The number of hydrogen-bond donors (Lipinski definition) is 0. The lowest BCUT2D eigenvalue weighted by Gasteiger charge is -2.29. The molecule has 5 heteroatoms. The van der Waals surface area contributed by atoms with Crippen LogP contribution in [0.3, 0.4) is 0 Å². The second-order valence-corrected chi connectivity index (χ2v) is 9.70. The molecular formula is C26H29NO3S. The Morgan fingerprint density at radius 1 is 0.935 bits per heavy atom. The van der Waals surface area contributed by atoms with Crippen molar-refractivity contribution < 1.29 is 14.3 Å². The van der Waals surface area contributed by atoms with Gasteiger partial charge in [0, 0.05) is 10.9 Å². The summed E-state index contributed by atoms with van der Waals surface area (Å²) in [6.45, 7) is 4.86. The van der Waals surface area contributed by atoms with Gasteiger partial charge in [-0.1, -0.05) is 75.2 Å². The van der Waals surface area contributed by atoms with Crippen LogP contribution in [-0.2, 0) is 9.59 Å². The van der Waals surface area contributed by atoms with Crippen LogP contribution in [0.2, 0.25) is 0 Å². The molecule has 31 heavy (non-hydrogen) atoms. The number of carbonyl (C=O) groups is 2. The Kier molecular flexibility index (Phi) is 6.81. The highest BCUT2D eigenvalue weighted by atomic mass is 32.2. The van der Waals surface area contributed by atoms with E-state index in [0.717, 1.165) is 41.9 Å². The number of imide groups is 1. The number of amides is 2. The molecule has 1 saturated carbocycles. The minimum atomic E-state index is -0.161. The number of ether oxygens (including phenoxy) is 1. The van der Waals surface area contributed by atoms with Gasteiger partial charge >= 0.3 is 0 Å². The van der Waals surface area contributed by atoms with E-state index in [9.17, 15) is 9.59 Å². The van der Waals surface area contributed by atoms with Gasteiger partial charge in [0.05, 0.1) is 17.1 Å². The number of nitrogens with zero attached hydrogens (tertiary/aromatic N) is 1. The van der Waals surface area contributed by atoms with Gasteiger partial charge in [-0.25, -0.2) is 0 Å². The molecule has 2 amide bonds. The van der Waals surface area contributed by atoms with Crippen molar-refractivity contribution in [1.82, 2.24) is 4.90 Å². The van der Waals surface area contributed by atoms with Gasteiger partial charge in [-0.05, 0) is 48.6 Å². The molecule has 162 valence electrons. The van der Waals surface area contributed by atoms with Gasteiger partial charge in [-0.2, -0.15) is 0 Å². The van der Waals surface area contributed by atoms with Crippen molar-refractivity contribution in [2.24, 2.45) is 5.92 Å². The molecule has 2 aromatic rings. The molecule has 1 aliphatic carbocycles. The molecule has 1 aliphatic heterocycles. The van der Waals surface area contributed by atoms with Crippen molar-refractivity contribution in [3.63, 3.8) is 0 Å². The number of benzene rings is 2. The van der Waals surface area contributed by atoms with Crippen LogP contribution in [0.1, 0.15) is 51.5 Å². The fraction of sp³-hybridized carbons (Fsp3) is 0.385. The lowest BCUT2D eigenvalue weighted by Crippen LogP contribution is -2.42. The quantitative estimate of drug-likeness (QED) is 0.506. The van der Waals surface area contributed by atoms with E-state index in [1.807, 2.05) is 54.6 Å². The van der Waals surface area contributed by atoms with Crippen molar-refractivity contribution in [3.05, 3.63) is 65.1 Å². The molecule has 4 rings (SSSR count). The molecule has 1 fully saturated rings. The first-order valence-corrected chi connectivity index (χ1v) is 11.9. The first kappa shape index (κ1) is 21.7. The van der Waals surface area contributed by atoms with Gasteiger partial charge in [-0.3, -0.25) is 14.5 Å². The van der Waals surface area contributed by atoms with E-state index in [1.54, 1.807) is 0 Å². The molecular weight excluding hydrogens is 406 g/mol. The highest BCUT2D eigenvalue weighted by Crippen LogP contribution is 2.42. The lowest BCUT2D eigenvalue weighted by atomic mass is 9.94. The maximum Gasteiger partial charge on any atom is 0.268 e. The van der Waals surface area contributed by atoms with Crippen LogP contribution in [-0.4, -0.2) is 29.4 Å². The summed E-state index contributed by atoms with van der Waals surface area (Å²) in [4.78, 5) is 30.0. The van der Waals surface area contributed by atoms with Gasteiger partial charge in [0.15, 0.2) is 0 Å². The number of thioether (sulfide) groups is 1. The highest BCUT2D eigenvalue weighted by Gasteiger charge is 2.43. The molecule has 0 N–H and O–H groups in total. The monoisotopic (exact) mass is 435 g/mol. The van der Waals surface area contributed by atoms with Crippen LogP contribution in [0.5, 0.6) is 5.75 Å². The molecule has 0 unspecified atom stereocenters. The van der Waals surface area contributed by atoms with Crippen LogP contribution in [0, 0.1) is 5.92 Å². The fourth-order valence-electron chi connectivity index (χ4n) is 4.13. The van der Waals surface area contributed by atoms with E-state index in [4.69, 9.17) is 4.74 Å². The van der Waals surface area contributed by atoms with Crippen molar-refractivity contribution >= 4 is 29.1 Å². The minimum absolute atomic E-state index is 0.00581. The maximum absolute atomic E-state index is 13.5. The van der Waals surface area contributed by atoms with Crippen molar-refractivity contribution in [2.45, 2.75) is 56.9 Å². The molecule has 0 saturated heterocycles. The van der Waals surface area contributed by atoms with E-state index >= 15 is 0 Å². The summed E-state index contributed by atoms with van der Waals surface area (Å²) in [6, 6.07) is 17.4. The summed E-state index contributed by atoms with van der Waals surface area (Å²) in [5, 5.41) is 0. The molecule has 1 heterocycles. The van der Waals surface area contributed by atoms with Crippen LogP contribution < -0.4 is 4.74 Å². The van der Waals surface area contributed by atoms with Crippen LogP contribution in [0.15, 0.2) is 64.4 Å². The molecule has 2 aliphatic rings. The molecule has 2 aromatic carbocycles. The van der Waals surface area contributed by atoms with E-state index in [2.05, 4.69) is 13.8 Å². The van der Waals surface area contributed by atoms with Gasteiger partial charge in [0.1, 0.15) is 5.75 Å². The summed E-state index contributed by atoms with van der Waals surface area (Å²) >= 11 is 1.39. The summed E-state index contributed by atoms with van der Waals surface area (Å²) < 4.78 is 5.79. The third-order valence-corrected chi connectivity index (χ3v) is 6.79. The normalized spacial score (nSPS) is 17.7. The van der Waals surface area contributed by atoms with Crippen LogP contribution in [0.4, 0.5) is 0 Å². The summed E-state index contributed by atoms with van der Waals surface area (Å²) in [5.74, 6) is 0.901. The van der Waals surface area contributed by atoms with E-state index < -0.39 is 0 Å². The smallest absolute Gasteiger partial charge is 0.268 e. The van der Waals surface area contributed by atoms with E-state index in [1.165, 1.54) is 23.1 Å². The largest absolute Gasteiger partial charge is 0.493 e. The molecule has 0 aromatic heterocycles. The SMILES string of the molecule is CC(C)COc1ccc(C2=C(Sc3ccccc3)C(=O)N(C3CCCCC3)C2=O)cc1. The van der Waals surface area contributed by atoms with Crippen molar-refractivity contribution in [2.75, 3.05) is 6.61 Å². The Bertz CT molecular complexity index is 960. The average Bonchev–Trinajstić information content (AvgIpc) is 3.03. The minimum Gasteiger partial charge on any atom is -0.493 e. The van der Waals surface area contributed by atoms with Crippen molar-refractivity contribution in [3.8, 4) is 5.75 Å². The third-order valence-electron chi connectivity index (χ3n) is 5.70. The molecule has 0 spiro atoms. The zero-order valence-electron chi connectivity index (χ0n) is 18.2. The van der Waals surface area contributed by atoms with Crippen LogP contribution in [0.25, 0.3) is 5.57 Å². The van der Waals surface area contributed by atoms with Gasteiger partial charge in [0.2, 0.25) is 0 Å². The van der Waals surface area contributed by atoms with E-state index in [0.29, 0.717) is 23.0 Å². The first-order valence-electron chi connectivity index (χ1n) is 11.1. The highest BCUT2D eigenvalue weighted by molar-refractivity contribution is 8.04. The number of rotatable bonds is 7. The summed E-state index contributed by atoms with van der Waals surface area (Å²) in [6.07, 6.45) is 5.11. The number of hydrogen-bond acceptors (Lipinski definition) is 4. The Balaban J connectivity index is 1.67. The Hall–Kier alpha value is -2.53. The topological polar surface area (TPSA) is 46.6 Å².